The van der Waals surface area contributed by atoms with Crippen LogP contribution in [0.2, 0.25) is 0 Å². The third-order valence-corrected chi connectivity index (χ3v) is 6.28. The molecule has 172 valence electrons. The SMILES string of the molecule is NS(=O)(=O)c1ccc(N2C(=O)C(=O)/C(=C(/O)c3ccc([N+](=O)[O-])cc3)C2c2ccccc2)cc1. The van der Waals surface area contributed by atoms with Crippen molar-refractivity contribution < 1.29 is 28.0 Å². The number of aliphatic hydroxyl groups excluding tert-OH is 1. The van der Waals surface area contributed by atoms with E-state index in [1.807, 2.05) is 0 Å². The second-order valence-corrected chi connectivity index (χ2v) is 8.98. The van der Waals surface area contributed by atoms with Crippen molar-refractivity contribution in [1.29, 1.82) is 0 Å². The zero-order chi connectivity index (χ0) is 24.6. The van der Waals surface area contributed by atoms with Crippen LogP contribution >= 0.6 is 0 Å². The number of primary sulfonamides is 1. The molecule has 4 rings (SSSR count). The number of nitro groups is 1. The Morgan fingerprint density at radius 2 is 1.53 bits per heavy atom. The van der Waals surface area contributed by atoms with Crippen molar-refractivity contribution in [1.82, 2.24) is 0 Å². The Labute approximate surface area is 193 Å². The molecule has 1 unspecified atom stereocenters. The lowest BCUT2D eigenvalue weighted by atomic mass is 9.95. The van der Waals surface area contributed by atoms with E-state index in [1.54, 1.807) is 30.3 Å². The Morgan fingerprint density at radius 3 is 2.06 bits per heavy atom. The summed E-state index contributed by atoms with van der Waals surface area (Å²) in [6, 6.07) is 17.5. The molecule has 0 saturated carbocycles. The van der Waals surface area contributed by atoms with Gasteiger partial charge in [-0.3, -0.25) is 24.6 Å². The Kier molecular flexibility index (Phi) is 5.73. The number of hydrogen-bond donors (Lipinski definition) is 2. The van der Waals surface area contributed by atoms with Crippen molar-refractivity contribution in [3.05, 3.63) is 106 Å². The molecule has 11 heteroatoms. The maximum absolute atomic E-state index is 13.1. The number of carbonyl (C=O) groups excluding carboxylic acids is 2. The molecule has 1 atom stereocenters. The summed E-state index contributed by atoms with van der Waals surface area (Å²) in [5.41, 5.74) is 0.438. The van der Waals surface area contributed by atoms with Gasteiger partial charge in [-0.2, -0.15) is 0 Å². The van der Waals surface area contributed by atoms with E-state index in [9.17, 15) is 33.2 Å². The Balaban J connectivity index is 1.88. The van der Waals surface area contributed by atoms with Crippen LogP contribution in [0.5, 0.6) is 0 Å². The van der Waals surface area contributed by atoms with Crippen LogP contribution in [0.4, 0.5) is 11.4 Å². The molecular formula is C23H17N3O7S. The first kappa shape index (κ1) is 22.8. The number of non-ortho nitro benzene ring substituents is 1. The van der Waals surface area contributed by atoms with Gasteiger partial charge in [0.05, 0.1) is 21.4 Å². The highest BCUT2D eigenvalue weighted by atomic mass is 32.2. The third-order valence-electron chi connectivity index (χ3n) is 5.35. The summed E-state index contributed by atoms with van der Waals surface area (Å²) in [7, 11) is -3.97. The van der Waals surface area contributed by atoms with Crippen molar-refractivity contribution in [3.8, 4) is 0 Å². The number of hydrogen-bond acceptors (Lipinski definition) is 7. The monoisotopic (exact) mass is 479 g/mol. The van der Waals surface area contributed by atoms with E-state index >= 15 is 0 Å². The van der Waals surface area contributed by atoms with Crippen molar-refractivity contribution in [3.63, 3.8) is 0 Å². The van der Waals surface area contributed by atoms with Crippen molar-refractivity contribution in [2.45, 2.75) is 10.9 Å². The number of anilines is 1. The molecule has 1 amide bonds. The number of nitrogens with two attached hydrogens (primary N) is 1. The maximum Gasteiger partial charge on any atom is 0.300 e. The van der Waals surface area contributed by atoms with E-state index in [2.05, 4.69) is 0 Å². The van der Waals surface area contributed by atoms with Gasteiger partial charge in [0.1, 0.15) is 5.76 Å². The summed E-state index contributed by atoms with van der Waals surface area (Å²) in [4.78, 5) is 37.4. The normalized spacial score (nSPS) is 17.7. The molecule has 3 aromatic rings. The minimum Gasteiger partial charge on any atom is -0.507 e. The predicted octanol–water partition coefficient (Wildman–Crippen LogP) is 2.87. The fraction of sp³-hybridized carbons (Fsp3) is 0.0435. The van der Waals surface area contributed by atoms with Gasteiger partial charge < -0.3 is 5.11 Å². The van der Waals surface area contributed by atoms with Crippen LogP contribution in [0, 0.1) is 10.1 Å². The van der Waals surface area contributed by atoms with E-state index in [4.69, 9.17) is 5.14 Å². The first-order valence-corrected chi connectivity index (χ1v) is 11.4. The topological polar surface area (TPSA) is 161 Å². The van der Waals surface area contributed by atoms with Crippen LogP contribution in [-0.2, 0) is 19.6 Å². The molecule has 3 N–H and O–H groups in total. The molecular weight excluding hydrogens is 462 g/mol. The minimum atomic E-state index is -3.97. The van der Waals surface area contributed by atoms with Crippen molar-refractivity contribution >= 4 is 38.8 Å². The zero-order valence-electron chi connectivity index (χ0n) is 17.4. The fourth-order valence-electron chi connectivity index (χ4n) is 3.74. The number of nitrogens with zero attached hydrogens (tertiary/aromatic N) is 2. The average Bonchev–Trinajstić information content (AvgIpc) is 3.09. The molecule has 34 heavy (non-hydrogen) atoms. The Bertz CT molecular complexity index is 1430. The second kappa shape index (κ2) is 8.54. The molecule has 1 fully saturated rings. The largest absolute Gasteiger partial charge is 0.507 e. The molecule has 3 aromatic carbocycles. The standard InChI is InChI=1S/C23H17N3O7S/c24-34(32,33)18-12-10-16(11-13-18)25-20(14-4-2-1-3-5-14)19(22(28)23(25)29)21(27)15-6-8-17(9-7-15)26(30)31/h1-13,20,27H,(H2,24,32,33)/b21-19+. The van der Waals surface area contributed by atoms with Gasteiger partial charge >= 0.3 is 0 Å². The first-order valence-electron chi connectivity index (χ1n) is 9.83. The highest BCUT2D eigenvalue weighted by molar-refractivity contribution is 7.89. The number of rotatable bonds is 5. The first-order chi connectivity index (χ1) is 16.1. The van der Waals surface area contributed by atoms with Gasteiger partial charge in [0, 0.05) is 23.4 Å². The van der Waals surface area contributed by atoms with Crippen LogP contribution in [0.25, 0.3) is 5.76 Å². The molecule has 0 aromatic heterocycles. The summed E-state index contributed by atoms with van der Waals surface area (Å²) < 4.78 is 23.2. The zero-order valence-corrected chi connectivity index (χ0v) is 18.2. The molecule has 1 aliphatic heterocycles. The number of amides is 1. The molecule has 10 nitrogen and oxygen atoms in total. The Hall–Kier alpha value is -4.35. The number of sulfonamides is 1. The lowest BCUT2D eigenvalue weighted by molar-refractivity contribution is -0.384. The quantitative estimate of drug-likeness (QED) is 0.187. The van der Waals surface area contributed by atoms with E-state index in [-0.39, 0.29) is 27.4 Å². The lowest BCUT2D eigenvalue weighted by Gasteiger charge is -2.25. The molecule has 0 radical (unpaired) electrons. The number of ketones is 1. The predicted molar refractivity (Wildman–Crippen MR) is 122 cm³/mol. The lowest BCUT2D eigenvalue weighted by Crippen LogP contribution is -2.29. The van der Waals surface area contributed by atoms with E-state index in [0.29, 0.717) is 5.56 Å². The maximum atomic E-state index is 13.1. The highest BCUT2D eigenvalue weighted by Gasteiger charge is 2.47. The number of benzene rings is 3. The van der Waals surface area contributed by atoms with Gasteiger partial charge in [0.15, 0.2) is 0 Å². The number of nitro benzene ring substituents is 1. The van der Waals surface area contributed by atoms with E-state index < -0.39 is 38.4 Å². The highest BCUT2D eigenvalue weighted by Crippen LogP contribution is 2.42. The molecule has 1 saturated heterocycles. The molecule has 0 spiro atoms. The smallest absolute Gasteiger partial charge is 0.300 e. The molecule has 1 aliphatic rings. The van der Waals surface area contributed by atoms with E-state index in [1.165, 1.54) is 48.5 Å². The van der Waals surface area contributed by atoms with Gasteiger partial charge in [0.2, 0.25) is 10.0 Å². The van der Waals surface area contributed by atoms with Crippen LogP contribution < -0.4 is 10.0 Å². The van der Waals surface area contributed by atoms with Crippen molar-refractivity contribution in [2.24, 2.45) is 5.14 Å². The van der Waals surface area contributed by atoms with Gasteiger partial charge in [0.25, 0.3) is 17.4 Å². The van der Waals surface area contributed by atoms with Crippen LogP contribution in [0.1, 0.15) is 17.2 Å². The van der Waals surface area contributed by atoms with Gasteiger partial charge in [-0.1, -0.05) is 30.3 Å². The summed E-state index contributed by atoms with van der Waals surface area (Å²) in [5.74, 6) is -2.38. The summed E-state index contributed by atoms with van der Waals surface area (Å²) in [6.07, 6.45) is 0. The van der Waals surface area contributed by atoms with Crippen LogP contribution in [0.15, 0.2) is 89.3 Å². The fourth-order valence-corrected chi connectivity index (χ4v) is 4.26. The average molecular weight is 479 g/mol. The molecule has 0 bridgehead atoms. The molecule has 0 aliphatic carbocycles. The number of aliphatic hydroxyl groups is 1. The minimum absolute atomic E-state index is 0.120. The van der Waals surface area contributed by atoms with Crippen molar-refractivity contribution in [2.75, 3.05) is 4.90 Å². The summed E-state index contributed by atoms with van der Waals surface area (Å²) >= 11 is 0. The van der Waals surface area contributed by atoms with E-state index in [0.717, 1.165) is 4.90 Å². The van der Waals surface area contributed by atoms with Gasteiger partial charge in [-0.05, 0) is 42.0 Å². The van der Waals surface area contributed by atoms with Gasteiger partial charge in [-0.15, -0.1) is 0 Å². The number of Topliss-reactive ketones (excluding diaryl/α,β-unsaturated/α-hetero) is 1. The second-order valence-electron chi connectivity index (χ2n) is 7.42. The summed E-state index contributed by atoms with van der Waals surface area (Å²) in [6.45, 7) is 0. The Morgan fingerprint density at radius 1 is 0.941 bits per heavy atom. The van der Waals surface area contributed by atoms with Gasteiger partial charge in [-0.25, -0.2) is 13.6 Å². The van der Waals surface area contributed by atoms with Crippen LogP contribution in [-0.4, -0.2) is 30.1 Å². The van der Waals surface area contributed by atoms with Crippen LogP contribution in [0.3, 0.4) is 0 Å². The number of carbonyl (C=O) groups is 2. The molecule has 1 heterocycles. The summed E-state index contributed by atoms with van der Waals surface area (Å²) in [5, 5.41) is 27.1. The third kappa shape index (κ3) is 4.05.